The molecule has 0 atom stereocenters. The second kappa shape index (κ2) is 12.0. The standard InChI is InChI=1S/C28H28N2O4S/c1-5-13-34-22-10-8-20(9-11-22)15-21(16-29)26(31)30-27-25(28(32)33-6-2)24(17-35-27)23-12-7-18(3)14-19(23)4/h7-12,14-15,17H,5-6,13H2,1-4H3,(H,30,31)/b21-15+. The highest BCUT2D eigenvalue weighted by atomic mass is 32.1. The van der Waals surface area contributed by atoms with E-state index in [0.29, 0.717) is 22.7 Å². The third-order valence-electron chi connectivity index (χ3n) is 5.20. The second-order valence-electron chi connectivity index (χ2n) is 7.93. The first kappa shape index (κ1) is 25.7. The number of nitriles is 1. The number of esters is 1. The Kier molecular flexibility index (Phi) is 8.82. The second-order valence-corrected chi connectivity index (χ2v) is 8.81. The van der Waals surface area contributed by atoms with E-state index in [1.54, 1.807) is 31.2 Å². The van der Waals surface area contributed by atoms with E-state index in [4.69, 9.17) is 9.47 Å². The summed E-state index contributed by atoms with van der Waals surface area (Å²) < 4.78 is 10.9. The van der Waals surface area contributed by atoms with Gasteiger partial charge in [0.05, 0.1) is 13.2 Å². The van der Waals surface area contributed by atoms with Crippen LogP contribution in [0.4, 0.5) is 5.00 Å². The molecule has 0 spiro atoms. The first-order valence-electron chi connectivity index (χ1n) is 11.4. The third kappa shape index (κ3) is 6.37. The van der Waals surface area contributed by atoms with E-state index >= 15 is 0 Å². The summed E-state index contributed by atoms with van der Waals surface area (Å²) in [6.45, 7) is 8.56. The van der Waals surface area contributed by atoms with E-state index in [1.165, 1.54) is 17.4 Å². The maximum atomic E-state index is 13.0. The summed E-state index contributed by atoms with van der Waals surface area (Å²) in [4.78, 5) is 25.8. The molecule has 0 radical (unpaired) electrons. The van der Waals surface area contributed by atoms with Gasteiger partial charge < -0.3 is 14.8 Å². The van der Waals surface area contributed by atoms with Crippen molar-refractivity contribution in [2.45, 2.75) is 34.1 Å². The summed E-state index contributed by atoms with van der Waals surface area (Å²) in [5.74, 6) is -0.397. The molecule has 180 valence electrons. The van der Waals surface area contributed by atoms with Crippen LogP contribution in [0.1, 0.15) is 47.3 Å². The monoisotopic (exact) mass is 488 g/mol. The van der Waals surface area contributed by atoms with Crippen LogP contribution in [0.5, 0.6) is 5.75 Å². The number of aryl methyl sites for hydroxylation is 2. The first-order chi connectivity index (χ1) is 16.9. The molecule has 1 amide bonds. The van der Waals surface area contributed by atoms with E-state index in [9.17, 15) is 14.9 Å². The van der Waals surface area contributed by atoms with E-state index < -0.39 is 11.9 Å². The van der Waals surface area contributed by atoms with E-state index in [1.807, 2.05) is 50.4 Å². The van der Waals surface area contributed by atoms with Gasteiger partial charge in [0.25, 0.3) is 5.91 Å². The fraction of sp³-hybridized carbons (Fsp3) is 0.250. The van der Waals surface area contributed by atoms with Crippen molar-refractivity contribution in [2.75, 3.05) is 18.5 Å². The molecule has 35 heavy (non-hydrogen) atoms. The van der Waals surface area contributed by atoms with Gasteiger partial charge in [0.15, 0.2) is 0 Å². The number of amides is 1. The lowest BCUT2D eigenvalue weighted by atomic mass is 9.97. The summed E-state index contributed by atoms with van der Waals surface area (Å²) in [7, 11) is 0. The Hall–Kier alpha value is -3.89. The molecular formula is C28H28N2O4S. The van der Waals surface area contributed by atoms with E-state index in [0.717, 1.165) is 28.9 Å². The number of nitrogens with one attached hydrogen (secondary N) is 1. The Morgan fingerprint density at radius 3 is 2.46 bits per heavy atom. The van der Waals surface area contributed by atoms with Crippen LogP contribution >= 0.6 is 11.3 Å². The van der Waals surface area contributed by atoms with Gasteiger partial charge in [-0.1, -0.05) is 42.8 Å². The zero-order valence-electron chi connectivity index (χ0n) is 20.3. The maximum Gasteiger partial charge on any atom is 0.341 e. The molecule has 0 fully saturated rings. The maximum absolute atomic E-state index is 13.0. The molecule has 0 saturated carbocycles. The molecule has 0 aliphatic carbocycles. The Bertz CT molecular complexity index is 1280. The highest BCUT2D eigenvalue weighted by molar-refractivity contribution is 7.15. The fourth-order valence-corrected chi connectivity index (χ4v) is 4.48. The van der Waals surface area contributed by atoms with E-state index in [2.05, 4.69) is 5.32 Å². The van der Waals surface area contributed by atoms with Crippen LogP contribution in [0.15, 0.2) is 53.4 Å². The molecule has 3 rings (SSSR count). The average Bonchev–Trinajstić information content (AvgIpc) is 3.25. The minimum absolute atomic E-state index is 0.0801. The number of benzene rings is 2. The smallest absolute Gasteiger partial charge is 0.341 e. The van der Waals surface area contributed by atoms with Crippen molar-refractivity contribution in [2.24, 2.45) is 0 Å². The van der Waals surface area contributed by atoms with Crippen LogP contribution in [0, 0.1) is 25.2 Å². The topological polar surface area (TPSA) is 88.4 Å². The van der Waals surface area contributed by atoms with Crippen molar-refractivity contribution in [3.05, 3.63) is 75.7 Å². The quantitative estimate of drug-likeness (QED) is 0.210. The van der Waals surface area contributed by atoms with Gasteiger partial charge in [-0.25, -0.2) is 4.79 Å². The summed E-state index contributed by atoms with van der Waals surface area (Å²) in [6, 6.07) is 15.1. The molecule has 0 bridgehead atoms. The summed E-state index contributed by atoms with van der Waals surface area (Å²) in [5.41, 5.74) is 4.59. The molecule has 6 nitrogen and oxygen atoms in total. The number of anilines is 1. The summed E-state index contributed by atoms with van der Waals surface area (Å²) >= 11 is 1.22. The molecule has 0 unspecified atom stereocenters. The van der Waals surface area contributed by atoms with Crippen LogP contribution in [-0.2, 0) is 9.53 Å². The van der Waals surface area contributed by atoms with Gasteiger partial charge in [-0.15, -0.1) is 11.3 Å². The molecular weight excluding hydrogens is 460 g/mol. The third-order valence-corrected chi connectivity index (χ3v) is 6.09. The van der Waals surface area contributed by atoms with Crippen molar-refractivity contribution in [1.82, 2.24) is 0 Å². The van der Waals surface area contributed by atoms with Gasteiger partial charge in [0.2, 0.25) is 0 Å². The Morgan fingerprint density at radius 1 is 1.09 bits per heavy atom. The number of thiophene rings is 1. The molecule has 3 aromatic rings. The molecule has 0 aliphatic heterocycles. The predicted molar refractivity (Wildman–Crippen MR) is 140 cm³/mol. The van der Waals surface area contributed by atoms with Gasteiger partial charge >= 0.3 is 5.97 Å². The largest absolute Gasteiger partial charge is 0.494 e. The average molecular weight is 489 g/mol. The number of hydrogen-bond donors (Lipinski definition) is 1. The van der Waals surface area contributed by atoms with Gasteiger partial charge in [0.1, 0.15) is 28.0 Å². The fourth-order valence-electron chi connectivity index (χ4n) is 3.54. The number of carbonyl (C=O) groups excluding carboxylic acids is 2. The number of ether oxygens (including phenoxy) is 2. The van der Waals surface area contributed by atoms with E-state index in [-0.39, 0.29) is 17.7 Å². The van der Waals surface area contributed by atoms with Crippen molar-refractivity contribution >= 4 is 34.3 Å². The van der Waals surface area contributed by atoms with Crippen LogP contribution in [0.2, 0.25) is 0 Å². The molecule has 1 N–H and O–H groups in total. The van der Waals surface area contributed by atoms with Gasteiger partial charge in [-0.2, -0.15) is 5.26 Å². The van der Waals surface area contributed by atoms with Crippen molar-refractivity contribution in [1.29, 1.82) is 5.26 Å². The Balaban J connectivity index is 1.91. The molecule has 1 aromatic heterocycles. The molecule has 1 heterocycles. The SMILES string of the molecule is CCCOc1ccc(/C=C(\C#N)C(=O)Nc2scc(-c3ccc(C)cc3C)c2C(=O)OCC)cc1. The number of hydrogen-bond acceptors (Lipinski definition) is 6. The molecule has 0 aliphatic rings. The highest BCUT2D eigenvalue weighted by Crippen LogP contribution is 2.38. The summed E-state index contributed by atoms with van der Waals surface area (Å²) in [5, 5.41) is 14.5. The minimum atomic E-state index is -0.599. The van der Waals surface area contributed by atoms with Crippen LogP contribution in [-0.4, -0.2) is 25.1 Å². The zero-order valence-corrected chi connectivity index (χ0v) is 21.1. The Morgan fingerprint density at radius 2 is 1.83 bits per heavy atom. The molecule has 7 heteroatoms. The molecule has 2 aromatic carbocycles. The van der Waals surface area contributed by atoms with Crippen molar-refractivity contribution in [3.63, 3.8) is 0 Å². The van der Waals surface area contributed by atoms with Crippen LogP contribution < -0.4 is 10.1 Å². The predicted octanol–water partition coefficient (Wildman–Crippen LogP) is 6.54. The van der Waals surface area contributed by atoms with Crippen LogP contribution in [0.3, 0.4) is 0 Å². The lowest BCUT2D eigenvalue weighted by Gasteiger charge is -2.11. The van der Waals surface area contributed by atoms with Gasteiger partial charge in [0, 0.05) is 10.9 Å². The minimum Gasteiger partial charge on any atom is -0.494 e. The lowest BCUT2D eigenvalue weighted by Crippen LogP contribution is -2.16. The number of carbonyl (C=O) groups is 2. The highest BCUT2D eigenvalue weighted by Gasteiger charge is 2.24. The number of nitrogens with zero attached hydrogens (tertiary/aromatic N) is 1. The molecule has 0 saturated heterocycles. The Labute approximate surface area is 209 Å². The normalized spacial score (nSPS) is 11.0. The number of rotatable bonds is 9. The van der Waals surface area contributed by atoms with Crippen molar-refractivity contribution < 1.29 is 19.1 Å². The zero-order chi connectivity index (χ0) is 25.4. The summed E-state index contributed by atoms with van der Waals surface area (Å²) in [6.07, 6.45) is 2.41. The first-order valence-corrected chi connectivity index (χ1v) is 12.3. The van der Waals surface area contributed by atoms with Crippen molar-refractivity contribution in [3.8, 4) is 22.9 Å². The van der Waals surface area contributed by atoms with Gasteiger partial charge in [-0.3, -0.25) is 4.79 Å². The van der Waals surface area contributed by atoms with Crippen LogP contribution in [0.25, 0.3) is 17.2 Å². The lowest BCUT2D eigenvalue weighted by molar-refractivity contribution is -0.112. The van der Waals surface area contributed by atoms with Gasteiger partial charge in [-0.05, 0) is 62.1 Å².